The van der Waals surface area contributed by atoms with Crippen LogP contribution < -0.4 is 0 Å². The zero-order valence-electron chi connectivity index (χ0n) is 11.3. The fourth-order valence-electron chi connectivity index (χ4n) is 2.23. The Kier molecular flexibility index (Phi) is 4.86. The summed E-state index contributed by atoms with van der Waals surface area (Å²) >= 11 is 9.27. The molecule has 0 saturated carbocycles. The van der Waals surface area contributed by atoms with Gasteiger partial charge in [-0.05, 0) is 46.7 Å². The van der Waals surface area contributed by atoms with Gasteiger partial charge in [-0.1, -0.05) is 29.8 Å². The molecule has 0 aliphatic rings. The lowest BCUT2D eigenvalue weighted by Gasteiger charge is -2.10. The van der Waals surface area contributed by atoms with Gasteiger partial charge in [-0.15, -0.1) is 23.1 Å². The lowest BCUT2D eigenvalue weighted by atomic mass is 10.1. The minimum absolute atomic E-state index is 0.344. The highest BCUT2D eigenvalue weighted by atomic mass is 35.5. The summed E-state index contributed by atoms with van der Waals surface area (Å²) in [7, 11) is 0. The molecule has 0 amide bonds. The third-order valence-corrected chi connectivity index (χ3v) is 5.69. The Balaban J connectivity index is 1.61. The van der Waals surface area contributed by atoms with E-state index in [-0.39, 0.29) is 6.10 Å². The van der Waals surface area contributed by atoms with E-state index in [1.165, 1.54) is 15.6 Å². The molecular weight excluding hydrogens is 320 g/mol. The maximum absolute atomic E-state index is 10.3. The van der Waals surface area contributed by atoms with Crippen molar-refractivity contribution in [1.29, 1.82) is 0 Å². The van der Waals surface area contributed by atoms with Gasteiger partial charge in [0.15, 0.2) is 0 Å². The maximum atomic E-state index is 10.3. The zero-order chi connectivity index (χ0) is 14.7. The van der Waals surface area contributed by atoms with Crippen molar-refractivity contribution in [2.75, 3.05) is 5.75 Å². The second kappa shape index (κ2) is 6.84. The van der Waals surface area contributed by atoms with Crippen molar-refractivity contribution in [1.82, 2.24) is 0 Å². The molecule has 108 valence electrons. The standard InChI is InChI=1S/C17H15ClOS2/c18-13-5-7-15(8-6-13)20-11-14(19)9-12-10-21-17-4-2-1-3-16(12)17/h1-8,10,14,19H,9,11H2. The molecule has 0 bridgehead atoms. The van der Waals surface area contributed by atoms with Gasteiger partial charge in [0, 0.05) is 26.8 Å². The van der Waals surface area contributed by atoms with E-state index in [2.05, 4.69) is 23.6 Å². The predicted octanol–water partition coefficient (Wildman–Crippen LogP) is 5.25. The van der Waals surface area contributed by atoms with Crippen LogP contribution in [0.25, 0.3) is 10.1 Å². The molecule has 0 aliphatic heterocycles. The Hall–Kier alpha value is -1.00. The van der Waals surface area contributed by atoms with Crippen LogP contribution in [0.15, 0.2) is 58.8 Å². The van der Waals surface area contributed by atoms with Gasteiger partial charge in [0.2, 0.25) is 0 Å². The van der Waals surface area contributed by atoms with Crippen LogP contribution in [0.1, 0.15) is 5.56 Å². The number of aliphatic hydroxyl groups excluding tert-OH is 1. The van der Waals surface area contributed by atoms with Gasteiger partial charge >= 0.3 is 0 Å². The van der Waals surface area contributed by atoms with Crippen molar-refractivity contribution in [3.63, 3.8) is 0 Å². The van der Waals surface area contributed by atoms with Gasteiger partial charge in [-0.3, -0.25) is 0 Å². The molecule has 1 heterocycles. The third-order valence-electron chi connectivity index (χ3n) is 3.27. The smallest absolute Gasteiger partial charge is 0.0674 e. The zero-order valence-corrected chi connectivity index (χ0v) is 13.7. The first-order valence-electron chi connectivity index (χ1n) is 6.74. The van der Waals surface area contributed by atoms with E-state index in [0.717, 1.165) is 9.92 Å². The van der Waals surface area contributed by atoms with Crippen molar-refractivity contribution >= 4 is 44.8 Å². The van der Waals surface area contributed by atoms with Gasteiger partial charge in [0.1, 0.15) is 0 Å². The quantitative estimate of drug-likeness (QED) is 0.643. The summed E-state index contributed by atoms with van der Waals surface area (Å²) in [4.78, 5) is 1.13. The summed E-state index contributed by atoms with van der Waals surface area (Å²) < 4.78 is 1.28. The summed E-state index contributed by atoms with van der Waals surface area (Å²) in [5.41, 5.74) is 1.24. The molecule has 0 radical (unpaired) electrons. The fourth-order valence-corrected chi connectivity index (χ4v) is 4.16. The van der Waals surface area contributed by atoms with Crippen LogP contribution in [-0.2, 0) is 6.42 Å². The highest BCUT2D eigenvalue weighted by Gasteiger charge is 2.10. The number of hydrogen-bond donors (Lipinski definition) is 1. The Morgan fingerprint density at radius 2 is 1.86 bits per heavy atom. The van der Waals surface area contributed by atoms with E-state index in [0.29, 0.717) is 12.2 Å². The van der Waals surface area contributed by atoms with Crippen molar-refractivity contribution < 1.29 is 5.11 Å². The first-order valence-corrected chi connectivity index (χ1v) is 8.98. The molecule has 0 spiro atoms. The van der Waals surface area contributed by atoms with Crippen molar-refractivity contribution in [2.45, 2.75) is 17.4 Å². The number of fused-ring (bicyclic) bond motifs is 1. The highest BCUT2D eigenvalue weighted by Crippen LogP contribution is 2.28. The minimum Gasteiger partial charge on any atom is -0.392 e. The van der Waals surface area contributed by atoms with Crippen molar-refractivity contribution in [3.05, 3.63) is 64.5 Å². The molecule has 3 rings (SSSR count). The average Bonchev–Trinajstić information content (AvgIpc) is 2.90. The fraction of sp³-hybridized carbons (Fsp3) is 0.176. The lowest BCUT2D eigenvalue weighted by Crippen LogP contribution is -2.13. The molecule has 21 heavy (non-hydrogen) atoms. The molecule has 1 N–H and O–H groups in total. The molecule has 2 aromatic carbocycles. The van der Waals surface area contributed by atoms with Crippen molar-refractivity contribution in [3.8, 4) is 0 Å². The molecule has 1 aromatic heterocycles. The highest BCUT2D eigenvalue weighted by molar-refractivity contribution is 7.99. The topological polar surface area (TPSA) is 20.2 Å². The van der Waals surface area contributed by atoms with Gasteiger partial charge in [-0.25, -0.2) is 0 Å². The molecule has 1 unspecified atom stereocenters. The van der Waals surface area contributed by atoms with Gasteiger partial charge in [0.05, 0.1) is 6.10 Å². The van der Waals surface area contributed by atoms with Crippen LogP contribution in [-0.4, -0.2) is 17.0 Å². The summed E-state index contributed by atoms with van der Waals surface area (Å²) in [5.74, 6) is 0.686. The maximum Gasteiger partial charge on any atom is 0.0674 e. The summed E-state index contributed by atoms with van der Waals surface area (Å²) in [5, 5.41) is 14.4. The minimum atomic E-state index is -0.344. The molecule has 3 aromatic rings. The van der Waals surface area contributed by atoms with E-state index < -0.39 is 0 Å². The van der Waals surface area contributed by atoms with Crippen LogP contribution in [0.5, 0.6) is 0 Å². The Labute approximate surface area is 137 Å². The molecule has 1 nitrogen and oxygen atoms in total. The van der Waals surface area contributed by atoms with Gasteiger partial charge in [0.25, 0.3) is 0 Å². The molecule has 1 atom stereocenters. The number of thiophene rings is 1. The van der Waals surface area contributed by atoms with E-state index in [9.17, 15) is 5.11 Å². The lowest BCUT2D eigenvalue weighted by molar-refractivity contribution is 0.200. The van der Waals surface area contributed by atoms with E-state index in [4.69, 9.17) is 11.6 Å². The van der Waals surface area contributed by atoms with E-state index >= 15 is 0 Å². The summed E-state index contributed by atoms with van der Waals surface area (Å²) in [6.45, 7) is 0. The summed E-state index contributed by atoms with van der Waals surface area (Å²) in [6.07, 6.45) is 0.355. The third kappa shape index (κ3) is 3.80. The molecular formula is C17H15ClOS2. The largest absolute Gasteiger partial charge is 0.392 e. The van der Waals surface area contributed by atoms with Crippen LogP contribution >= 0.6 is 34.7 Å². The van der Waals surface area contributed by atoms with E-state index in [1.807, 2.05) is 30.3 Å². The molecule has 0 aliphatic carbocycles. The number of benzene rings is 2. The van der Waals surface area contributed by atoms with E-state index in [1.54, 1.807) is 23.1 Å². The second-order valence-electron chi connectivity index (χ2n) is 4.88. The average molecular weight is 335 g/mol. The number of rotatable bonds is 5. The van der Waals surface area contributed by atoms with Crippen LogP contribution in [0.2, 0.25) is 5.02 Å². The number of aliphatic hydroxyl groups is 1. The SMILES string of the molecule is OC(CSc1ccc(Cl)cc1)Cc1csc2ccccc12. The second-order valence-corrected chi connectivity index (χ2v) is 7.32. The summed E-state index contributed by atoms with van der Waals surface area (Å²) in [6, 6.07) is 16.1. The number of halogens is 1. The number of thioether (sulfide) groups is 1. The van der Waals surface area contributed by atoms with Crippen LogP contribution in [0.3, 0.4) is 0 Å². The monoisotopic (exact) mass is 334 g/mol. The van der Waals surface area contributed by atoms with Gasteiger partial charge < -0.3 is 5.11 Å². The first-order chi connectivity index (χ1) is 10.2. The normalized spacial score (nSPS) is 12.7. The first kappa shape index (κ1) is 14.9. The Morgan fingerprint density at radius 3 is 2.67 bits per heavy atom. The molecule has 0 saturated heterocycles. The number of hydrogen-bond acceptors (Lipinski definition) is 3. The molecule has 4 heteroatoms. The Bertz CT molecular complexity index is 721. The van der Waals surface area contributed by atoms with Crippen molar-refractivity contribution in [2.24, 2.45) is 0 Å². The predicted molar refractivity (Wildman–Crippen MR) is 93.7 cm³/mol. The Morgan fingerprint density at radius 1 is 1.10 bits per heavy atom. The molecule has 0 fully saturated rings. The van der Waals surface area contributed by atoms with Crippen LogP contribution in [0.4, 0.5) is 0 Å². The van der Waals surface area contributed by atoms with Gasteiger partial charge in [-0.2, -0.15) is 0 Å². The van der Waals surface area contributed by atoms with Crippen LogP contribution in [0, 0.1) is 0 Å².